The van der Waals surface area contributed by atoms with Gasteiger partial charge in [0.2, 0.25) is 5.89 Å². The summed E-state index contributed by atoms with van der Waals surface area (Å²) < 4.78 is 5.65. The van der Waals surface area contributed by atoms with Crippen molar-refractivity contribution in [2.24, 2.45) is 0 Å². The average molecular weight is 295 g/mol. The lowest BCUT2D eigenvalue weighted by Crippen LogP contribution is -2.46. The van der Waals surface area contributed by atoms with Crippen LogP contribution in [-0.4, -0.2) is 54.9 Å². The van der Waals surface area contributed by atoms with Crippen LogP contribution in [0.25, 0.3) is 0 Å². The maximum Gasteiger partial charge on any atom is 0.318 e. The summed E-state index contributed by atoms with van der Waals surface area (Å²) in [6, 6.07) is 0.669. The Kier molecular flexibility index (Phi) is 6.95. The van der Waals surface area contributed by atoms with Crippen molar-refractivity contribution in [1.29, 1.82) is 0 Å². The Morgan fingerprint density at radius 1 is 1.05 bits per heavy atom. The lowest BCUT2D eigenvalue weighted by atomic mass is 10.1. The number of rotatable bonds is 9. The summed E-state index contributed by atoms with van der Waals surface area (Å²) in [6.07, 6.45) is 6.77. The summed E-state index contributed by atoms with van der Waals surface area (Å²) in [6.45, 7) is 8.27. The van der Waals surface area contributed by atoms with Crippen LogP contribution in [0.4, 0.5) is 6.01 Å². The highest BCUT2D eigenvalue weighted by Gasteiger charge is 2.20. The Hall–Kier alpha value is -1.14. The van der Waals surface area contributed by atoms with E-state index >= 15 is 0 Å². The highest BCUT2D eigenvalue weighted by atomic mass is 16.4. The van der Waals surface area contributed by atoms with Gasteiger partial charge in [0, 0.05) is 26.2 Å². The molecule has 1 fully saturated rings. The van der Waals surface area contributed by atoms with E-state index in [2.05, 4.69) is 32.2 Å². The first-order valence-corrected chi connectivity index (χ1v) is 8.27. The van der Waals surface area contributed by atoms with Gasteiger partial charge in [0.15, 0.2) is 0 Å². The second kappa shape index (κ2) is 9.00. The van der Waals surface area contributed by atoms with E-state index < -0.39 is 0 Å². The van der Waals surface area contributed by atoms with Crippen LogP contribution in [-0.2, 0) is 6.54 Å². The summed E-state index contributed by atoms with van der Waals surface area (Å²) in [7, 11) is 1.88. The number of hydrogen-bond donors (Lipinski definition) is 1. The first-order valence-electron chi connectivity index (χ1n) is 8.27. The number of nitrogens with one attached hydrogen (secondary N) is 1. The molecule has 1 N–H and O–H groups in total. The van der Waals surface area contributed by atoms with Crippen LogP contribution in [0.3, 0.4) is 0 Å². The summed E-state index contributed by atoms with van der Waals surface area (Å²) in [5, 5.41) is 11.2. The number of piperazine rings is 1. The molecule has 1 aromatic heterocycles. The smallest absolute Gasteiger partial charge is 0.318 e. The maximum atomic E-state index is 5.65. The molecule has 0 bridgehead atoms. The minimum Gasteiger partial charge on any atom is -0.407 e. The van der Waals surface area contributed by atoms with Crippen LogP contribution in [0.15, 0.2) is 4.42 Å². The molecule has 0 aromatic carbocycles. The molecule has 0 amide bonds. The zero-order valence-corrected chi connectivity index (χ0v) is 13.5. The van der Waals surface area contributed by atoms with Crippen LogP contribution in [0.2, 0.25) is 0 Å². The molecule has 0 saturated carbocycles. The van der Waals surface area contributed by atoms with Gasteiger partial charge in [-0.1, -0.05) is 37.7 Å². The molecule has 0 radical (unpaired) electrons. The molecule has 2 heterocycles. The third kappa shape index (κ3) is 5.28. The van der Waals surface area contributed by atoms with Crippen molar-refractivity contribution in [1.82, 2.24) is 20.4 Å². The Bertz CT molecular complexity index is 387. The van der Waals surface area contributed by atoms with Crippen molar-refractivity contribution < 1.29 is 4.42 Å². The summed E-state index contributed by atoms with van der Waals surface area (Å²) in [5.41, 5.74) is 0. The predicted molar refractivity (Wildman–Crippen MR) is 84.5 cm³/mol. The van der Waals surface area contributed by atoms with Crippen molar-refractivity contribution in [3.05, 3.63) is 5.89 Å². The quantitative estimate of drug-likeness (QED) is 0.702. The number of nitrogens with zero attached hydrogens (tertiary/aromatic N) is 4. The SMILES string of the molecule is CCCCCCCN1CCN(c2nnc(CNC)o2)CC1. The highest BCUT2D eigenvalue weighted by Crippen LogP contribution is 2.15. The normalized spacial score (nSPS) is 16.6. The molecule has 0 aliphatic carbocycles. The van der Waals surface area contributed by atoms with E-state index in [0.29, 0.717) is 18.5 Å². The van der Waals surface area contributed by atoms with Crippen LogP contribution in [0.1, 0.15) is 44.9 Å². The molecule has 2 rings (SSSR count). The Labute approximate surface area is 127 Å². The molecule has 21 heavy (non-hydrogen) atoms. The van der Waals surface area contributed by atoms with E-state index in [4.69, 9.17) is 4.42 Å². The molecule has 6 nitrogen and oxygen atoms in total. The second-order valence-electron chi connectivity index (χ2n) is 5.75. The lowest BCUT2D eigenvalue weighted by molar-refractivity contribution is 0.247. The van der Waals surface area contributed by atoms with E-state index in [-0.39, 0.29) is 0 Å². The molecule has 0 atom stereocenters. The molecule has 1 saturated heterocycles. The summed E-state index contributed by atoms with van der Waals surface area (Å²) in [5.74, 6) is 0.658. The van der Waals surface area contributed by atoms with Gasteiger partial charge in [-0.05, 0) is 20.0 Å². The van der Waals surface area contributed by atoms with E-state index in [1.807, 2.05) is 7.05 Å². The Balaban J connectivity index is 1.65. The maximum absolute atomic E-state index is 5.65. The topological polar surface area (TPSA) is 57.4 Å². The van der Waals surface area contributed by atoms with Gasteiger partial charge in [0.1, 0.15) is 0 Å². The number of anilines is 1. The third-order valence-electron chi connectivity index (χ3n) is 4.00. The number of hydrogen-bond acceptors (Lipinski definition) is 6. The van der Waals surface area contributed by atoms with Crippen molar-refractivity contribution in [2.45, 2.75) is 45.6 Å². The zero-order chi connectivity index (χ0) is 14.9. The molecule has 1 aromatic rings. The molecule has 1 aliphatic heterocycles. The van der Waals surface area contributed by atoms with Crippen molar-refractivity contribution in [3.63, 3.8) is 0 Å². The molecule has 0 spiro atoms. The average Bonchev–Trinajstić information content (AvgIpc) is 2.97. The monoisotopic (exact) mass is 295 g/mol. The van der Waals surface area contributed by atoms with Crippen molar-refractivity contribution in [3.8, 4) is 0 Å². The fraction of sp³-hybridized carbons (Fsp3) is 0.867. The van der Waals surface area contributed by atoms with Crippen LogP contribution >= 0.6 is 0 Å². The van der Waals surface area contributed by atoms with Gasteiger partial charge in [-0.2, -0.15) is 0 Å². The summed E-state index contributed by atoms with van der Waals surface area (Å²) >= 11 is 0. The number of unbranched alkanes of at least 4 members (excludes halogenated alkanes) is 4. The Morgan fingerprint density at radius 2 is 1.81 bits per heavy atom. The van der Waals surface area contributed by atoms with Gasteiger partial charge in [-0.3, -0.25) is 4.90 Å². The van der Waals surface area contributed by atoms with E-state index in [1.54, 1.807) is 0 Å². The molecule has 0 unspecified atom stereocenters. The van der Waals surface area contributed by atoms with E-state index in [1.165, 1.54) is 38.6 Å². The fourth-order valence-electron chi connectivity index (χ4n) is 2.70. The van der Waals surface area contributed by atoms with Crippen molar-refractivity contribution >= 4 is 6.01 Å². The standard InChI is InChI=1S/C15H29N5O/c1-3-4-5-6-7-8-19-9-11-20(12-10-19)15-18-17-14(21-15)13-16-2/h16H,3-13H2,1-2H3. The van der Waals surface area contributed by atoms with Gasteiger partial charge in [-0.25, -0.2) is 0 Å². The van der Waals surface area contributed by atoms with Gasteiger partial charge < -0.3 is 14.6 Å². The van der Waals surface area contributed by atoms with Gasteiger partial charge in [0.05, 0.1) is 6.54 Å². The fourth-order valence-corrected chi connectivity index (χ4v) is 2.70. The lowest BCUT2D eigenvalue weighted by Gasteiger charge is -2.33. The minimum absolute atomic E-state index is 0.630. The van der Waals surface area contributed by atoms with Gasteiger partial charge in [-0.15, -0.1) is 5.10 Å². The zero-order valence-electron chi connectivity index (χ0n) is 13.5. The molecule has 120 valence electrons. The highest BCUT2D eigenvalue weighted by molar-refractivity contribution is 5.25. The third-order valence-corrected chi connectivity index (χ3v) is 4.00. The predicted octanol–water partition coefficient (Wildman–Crippen LogP) is 1.88. The van der Waals surface area contributed by atoms with Crippen LogP contribution < -0.4 is 10.2 Å². The van der Waals surface area contributed by atoms with Crippen LogP contribution in [0, 0.1) is 0 Å². The first-order chi connectivity index (χ1) is 10.3. The van der Waals surface area contributed by atoms with E-state index in [9.17, 15) is 0 Å². The van der Waals surface area contributed by atoms with E-state index in [0.717, 1.165) is 26.2 Å². The molecule has 1 aliphatic rings. The van der Waals surface area contributed by atoms with Gasteiger partial charge >= 0.3 is 6.01 Å². The molecular weight excluding hydrogens is 266 g/mol. The van der Waals surface area contributed by atoms with Crippen molar-refractivity contribution in [2.75, 3.05) is 44.7 Å². The minimum atomic E-state index is 0.630. The second-order valence-corrected chi connectivity index (χ2v) is 5.75. The summed E-state index contributed by atoms with van der Waals surface area (Å²) in [4.78, 5) is 4.74. The van der Waals surface area contributed by atoms with Crippen LogP contribution in [0.5, 0.6) is 0 Å². The Morgan fingerprint density at radius 3 is 2.52 bits per heavy atom. The first kappa shape index (κ1) is 16.2. The number of aromatic nitrogens is 2. The molecular formula is C15H29N5O. The largest absolute Gasteiger partial charge is 0.407 e. The molecule has 6 heteroatoms. The van der Waals surface area contributed by atoms with Gasteiger partial charge in [0.25, 0.3) is 0 Å².